The van der Waals surface area contributed by atoms with Crippen LogP contribution in [0.3, 0.4) is 0 Å². The van der Waals surface area contributed by atoms with Crippen LogP contribution in [0.2, 0.25) is 5.02 Å². The summed E-state index contributed by atoms with van der Waals surface area (Å²) in [6.45, 7) is 4.15. The summed E-state index contributed by atoms with van der Waals surface area (Å²) in [5.74, 6) is 0. The van der Waals surface area contributed by atoms with Crippen molar-refractivity contribution >= 4 is 34.7 Å². The van der Waals surface area contributed by atoms with E-state index in [-0.39, 0.29) is 11.7 Å². The summed E-state index contributed by atoms with van der Waals surface area (Å²) in [6.07, 6.45) is 0. The SMILES string of the molecule is Cc1c(NC(=O)N2CCN(c3cccc(Cl)c3)CC2)cccc1[N+](=O)[O-]. The molecule has 0 aliphatic carbocycles. The van der Waals surface area contributed by atoms with Gasteiger partial charge in [-0.1, -0.05) is 23.7 Å². The molecule has 1 fully saturated rings. The third-order valence-corrected chi connectivity index (χ3v) is 4.72. The van der Waals surface area contributed by atoms with Crippen LogP contribution in [0.4, 0.5) is 21.9 Å². The van der Waals surface area contributed by atoms with Gasteiger partial charge in [0.05, 0.1) is 16.2 Å². The minimum absolute atomic E-state index is 0.00595. The highest BCUT2D eigenvalue weighted by molar-refractivity contribution is 6.30. The van der Waals surface area contributed by atoms with E-state index in [0.717, 1.165) is 5.69 Å². The largest absolute Gasteiger partial charge is 0.368 e. The molecule has 0 bridgehead atoms. The number of carbonyl (C=O) groups is 1. The van der Waals surface area contributed by atoms with E-state index in [1.165, 1.54) is 6.07 Å². The molecular formula is C18H19ClN4O3. The van der Waals surface area contributed by atoms with Gasteiger partial charge in [-0.05, 0) is 31.2 Å². The minimum atomic E-state index is -0.450. The molecule has 1 aliphatic heterocycles. The van der Waals surface area contributed by atoms with E-state index in [2.05, 4.69) is 10.2 Å². The summed E-state index contributed by atoms with van der Waals surface area (Å²) in [5.41, 5.74) is 1.94. The summed E-state index contributed by atoms with van der Waals surface area (Å²) in [4.78, 5) is 27.0. The van der Waals surface area contributed by atoms with Gasteiger partial charge in [0.15, 0.2) is 0 Å². The van der Waals surface area contributed by atoms with Crippen LogP contribution in [0.5, 0.6) is 0 Å². The van der Waals surface area contributed by atoms with Gasteiger partial charge in [0, 0.05) is 43.0 Å². The van der Waals surface area contributed by atoms with Gasteiger partial charge in [0.25, 0.3) is 5.69 Å². The molecule has 0 saturated carbocycles. The Morgan fingerprint density at radius 2 is 1.85 bits per heavy atom. The van der Waals surface area contributed by atoms with Crippen molar-refractivity contribution in [2.75, 3.05) is 36.4 Å². The predicted molar refractivity (Wildman–Crippen MR) is 102 cm³/mol. The zero-order chi connectivity index (χ0) is 18.7. The van der Waals surface area contributed by atoms with Crippen LogP contribution in [-0.2, 0) is 0 Å². The Balaban J connectivity index is 1.62. The van der Waals surface area contributed by atoms with Crippen molar-refractivity contribution in [3.63, 3.8) is 0 Å². The maximum atomic E-state index is 12.5. The Morgan fingerprint density at radius 3 is 2.50 bits per heavy atom. The molecule has 2 amide bonds. The highest BCUT2D eigenvalue weighted by Gasteiger charge is 2.23. The number of benzene rings is 2. The number of piperazine rings is 1. The molecule has 26 heavy (non-hydrogen) atoms. The quantitative estimate of drug-likeness (QED) is 0.652. The molecule has 3 rings (SSSR count). The maximum absolute atomic E-state index is 12.5. The lowest BCUT2D eigenvalue weighted by Gasteiger charge is -2.36. The number of anilines is 2. The molecule has 136 valence electrons. The molecule has 2 aromatic carbocycles. The van der Waals surface area contributed by atoms with Crippen LogP contribution in [0.1, 0.15) is 5.56 Å². The van der Waals surface area contributed by atoms with Crippen LogP contribution in [0, 0.1) is 17.0 Å². The van der Waals surface area contributed by atoms with Crippen LogP contribution in [0.25, 0.3) is 0 Å². The van der Waals surface area contributed by atoms with E-state index in [0.29, 0.717) is 42.5 Å². The highest BCUT2D eigenvalue weighted by Crippen LogP contribution is 2.26. The zero-order valence-corrected chi connectivity index (χ0v) is 15.1. The number of hydrogen-bond acceptors (Lipinski definition) is 4. The molecule has 1 aliphatic rings. The Labute approximate surface area is 156 Å². The molecule has 1 saturated heterocycles. The summed E-state index contributed by atoms with van der Waals surface area (Å²) in [5, 5.41) is 14.5. The molecule has 1 N–H and O–H groups in total. The first kappa shape index (κ1) is 18.0. The van der Waals surface area contributed by atoms with Gasteiger partial charge in [-0.15, -0.1) is 0 Å². The second-order valence-electron chi connectivity index (χ2n) is 6.09. The fraction of sp³-hybridized carbons (Fsp3) is 0.278. The van der Waals surface area contributed by atoms with E-state index in [1.54, 1.807) is 24.0 Å². The molecule has 0 aromatic heterocycles. The number of urea groups is 1. The van der Waals surface area contributed by atoms with Crippen LogP contribution >= 0.6 is 11.6 Å². The number of amides is 2. The fourth-order valence-corrected chi connectivity index (χ4v) is 3.18. The van der Waals surface area contributed by atoms with Gasteiger partial charge in [-0.25, -0.2) is 4.79 Å². The average molecular weight is 375 g/mol. The number of nitrogens with zero attached hydrogens (tertiary/aromatic N) is 3. The highest BCUT2D eigenvalue weighted by atomic mass is 35.5. The third-order valence-electron chi connectivity index (χ3n) is 4.48. The molecule has 1 heterocycles. The van der Waals surface area contributed by atoms with Gasteiger partial charge in [-0.2, -0.15) is 0 Å². The number of halogens is 1. The minimum Gasteiger partial charge on any atom is -0.368 e. The standard InChI is InChI=1S/C18H19ClN4O3/c1-13-16(6-3-7-17(13)23(25)26)20-18(24)22-10-8-21(9-11-22)15-5-2-4-14(19)12-15/h2-7,12H,8-11H2,1H3,(H,20,24). The van der Waals surface area contributed by atoms with E-state index in [9.17, 15) is 14.9 Å². The lowest BCUT2D eigenvalue weighted by Crippen LogP contribution is -2.50. The Hall–Kier alpha value is -2.80. The summed E-state index contributed by atoms with van der Waals surface area (Å²) >= 11 is 6.03. The van der Waals surface area contributed by atoms with E-state index >= 15 is 0 Å². The van der Waals surface area contributed by atoms with Crippen molar-refractivity contribution in [2.24, 2.45) is 0 Å². The molecule has 0 unspecified atom stereocenters. The molecule has 7 nitrogen and oxygen atoms in total. The Bertz CT molecular complexity index is 835. The lowest BCUT2D eigenvalue weighted by atomic mass is 10.1. The van der Waals surface area contributed by atoms with Crippen molar-refractivity contribution in [2.45, 2.75) is 6.92 Å². The van der Waals surface area contributed by atoms with Crippen molar-refractivity contribution in [1.29, 1.82) is 0 Å². The number of nitrogens with one attached hydrogen (secondary N) is 1. The van der Waals surface area contributed by atoms with Crippen LogP contribution in [0.15, 0.2) is 42.5 Å². The predicted octanol–water partition coefficient (Wildman–Crippen LogP) is 3.91. The normalized spacial score (nSPS) is 14.2. The monoisotopic (exact) mass is 374 g/mol. The second-order valence-corrected chi connectivity index (χ2v) is 6.53. The van der Waals surface area contributed by atoms with Crippen molar-refractivity contribution in [3.8, 4) is 0 Å². The Kier molecular flexibility index (Phi) is 5.27. The van der Waals surface area contributed by atoms with Crippen molar-refractivity contribution in [3.05, 3.63) is 63.2 Å². The fourth-order valence-electron chi connectivity index (χ4n) is 2.99. The summed E-state index contributed by atoms with van der Waals surface area (Å²) in [7, 11) is 0. The molecule has 0 radical (unpaired) electrons. The van der Waals surface area contributed by atoms with Crippen LogP contribution < -0.4 is 10.2 Å². The van der Waals surface area contributed by atoms with E-state index < -0.39 is 4.92 Å². The van der Waals surface area contributed by atoms with Crippen molar-refractivity contribution in [1.82, 2.24) is 4.90 Å². The first-order valence-electron chi connectivity index (χ1n) is 8.26. The van der Waals surface area contributed by atoms with Crippen molar-refractivity contribution < 1.29 is 9.72 Å². The number of hydrogen-bond donors (Lipinski definition) is 1. The summed E-state index contributed by atoms with van der Waals surface area (Å²) < 4.78 is 0. The van der Waals surface area contributed by atoms with Crippen LogP contribution in [-0.4, -0.2) is 42.0 Å². The maximum Gasteiger partial charge on any atom is 0.321 e. The topological polar surface area (TPSA) is 78.7 Å². The molecular weight excluding hydrogens is 356 g/mol. The summed E-state index contributed by atoms with van der Waals surface area (Å²) in [6, 6.07) is 12.0. The third kappa shape index (κ3) is 3.88. The van der Waals surface area contributed by atoms with Gasteiger partial charge in [0.2, 0.25) is 0 Å². The second kappa shape index (κ2) is 7.61. The van der Waals surface area contributed by atoms with E-state index in [4.69, 9.17) is 11.6 Å². The number of carbonyl (C=O) groups excluding carboxylic acids is 1. The Morgan fingerprint density at radius 1 is 1.15 bits per heavy atom. The molecule has 0 atom stereocenters. The number of rotatable bonds is 3. The van der Waals surface area contributed by atoms with Gasteiger partial charge in [-0.3, -0.25) is 10.1 Å². The number of nitro benzene ring substituents is 1. The first-order chi connectivity index (χ1) is 12.5. The smallest absolute Gasteiger partial charge is 0.321 e. The molecule has 2 aromatic rings. The zero-order valence-electron chi connectivity index (χ0n) is 14.3. The van der Waals surface area contributed by atoms with Gasteiger partial charge in [0.1, 0.15) is 0 Å². The first-order valence-corrected chi connectivity index (χ1v) is 8.64. The van der Waals surface area contributed by atoms with Gasteiger partial charge < -0.3 is 15.1 Å². The molecule has 8 heteroatoms. The van der Waals surface area contributed by atoms with E-state index in [1.807, 2.05) is 24.3 Å². The molecule has 0 spiro atoms. The number of nitro groups is 1. The van der Waals surface area contributed by atoms with Gasteiger partial charge >= 0.3 is 6.03 Å². The average Bonchev–Trinajstić information content (AvgIpc) is 2.63. The lowest BCUT2D eigenvalue weighted by molar-refractivity contribution is -0.385.